The van der Waals surface area contributed by atoms with Gasteiger partial charge in [0.25, 0.3) is 0 Å². The van der Waals surface area contributed by atoms with E-state index in [4.69, 9.17) is 5.73 Å². The highest BCUT2D eigenvalue weighted by atomic mass is 15.0. The molecule has 2 aromatic rings. The quantitative estimate of drug-likeness (QED) is 0.478. The van der Waals surface area contributed by atoms with Crippen molar-refractivity contribution in [3.05, 3.63) is 90.0 Å². The SMILES string of the molecule is C=C(C)CC(C)(N)Cc1cccc(N[C@](C)(CC(=C)C)Cc2ccccc2)c1. The number of benzene rings is 2. The second-order valence-electron chi connectivity index (χ2n) is 9.15. The van der Waals surface area contributed by atoms with Crippen LogP contribution in [0.25, 0.3) is 0 Å². The van der Waals surface area contributed by atoms with Gasteiger partial charge < -0.3 is 11.1 Å². The maximum Gasteiger partial charge on any atom is 0.0422 e. The Morgan fingerprint density at radius 2 is 1.46 bits per heavy atom. The normalized spacial score (nSPS) is 15.3. The highest BCUT2D eigenvalue weighted by molar-refractivity contribution is 5.49. The molecule has 0 fully saturated rings. The predicted octanol–water partition coefficient (Wildman–Crippen LogP) is 6.29. The summed E-state index contributed by atoms with van der Waals surface area (Å²) in [5.41, 5.74) is 12.1. The number of rotatable bonds is 10. The molecule has 0 heterocycles. The first-order valence-corrected chi connectivity index (χ1v) is 10.1. The van der Waals surface area contributed by atoms with Crippen molar-refractivity contribution in [3.8, 4) is 0 Å². The number of hydrogen-bond donors (Lipinski definition) is 2. The Morgan fingerprint density at radius 1 is 0.857 bits per heavy atom. The van der Waals surface area contributed by atoms with Crippen LogP contribution in [0.15, 0.2) is 78.9 Å². The maximum atomic E-state index is 6.50. The third-order valence-electron chi connectivity index (χ3n) is 4.82. The van der Waals surface area contributed by atoms with E-state index >= 15 is 0 Å². The van der Waals surface area contributed by atoms with E-state index in [0.29, 0.717) is 0 Å². The first kappa shape index (κ1) is 22.0. The Hall–Kier alpha value is -2.32. The summed E-state index contributed by atoms with van der Waals surface area (Å²) in [6, 6.07) is 19.3. The standard InChI is InChI=1S/C26H36N2/c1-20(2)16-25(5,27)18-23-13-10-14-24(15-23)28-26(6,17-21(3)4)19-22-11-8-7-9-12-22/h7-15,28H,1,3,16-19,27H2,2,4-6H3/t25?,26-/m1/s1. The molecule has 0 amide bonds. The topological polar surface area (TPSA) is 38.0 Å². The zero-order valence-electron chi connectivity index (χ0n) is 18.0. The second-order valence-corrected chi connectivity index (χ2v) is 9.15. The fourth-order valence-corrected chi connectivity index (χ4v) is 4.19. The van der Waals surface area contributed by atoms with Gasteiger partial charge in [-0.15, -0.1) is 13.2 Å². The molecule has 0 saturated carbocycles. The minimum Gasteiger partial charge on any atom is -0.379 e. The van der Waals surface area contributed by atoms with Crippen molar-refractivity contribution < 1.29 is 0 Å². The molecule has 2 atom stereocenters. The number of nitrogens with one attached hydrogen (secondary N) is 1. The smallest absolute Gasteiger partial charge is 0.0422 e. The highest BCUT2D eigenvalue weighted by Gasteiger charge is 2.25. The van der Waals surface area contributed by atoms with Crippen molar-refractivity contribution in [1.29, 1.82) is 0 Å². The molecule has 0 radical (unpaired) electrons. The molecule has 0 aliphatic carbocycles. The van der Waals surface area contributed by atoms with Crippen LogP contribution in [0.1, 0.15) is 51.7 Å². The fourth-order valence-electron chi connectivity index (χ4n) is 4.19. The van der Waals surface area contributed by atoms with Gasteiger partial charge in [0, 0.05) is 16.8 Å². The van der Waals surface area contributed by atoms with Crippen LogP contribution >= 0.6 is 0 Å². The van der Waals surface area contributed by atoms with Gasteiger partial charge in [-0.25, -0.2) is 0 Å². The lowest BCUT2D eigenvalue weighted by atomic mass is 9.86. The van der Waals surface area contributed by atoms with Crippen molar-refractivity contribution in [2.45, 2.75) is 64.5 Å². The first-order valence-electron chi connectivity index (χ1n) is 10.1. The van der Waals surface area contributed by atoms with Crippen LogP contribution in [0.4, 0.5) is 5.69 Å². The van der Waals surface area contributed by atoms with Crippen LogP contribution in [0.5, 0.6) is 0 Å². The van der Waals surface area contributed by atoms with Crippen molar-refractivity contribution in [1.82, 2.24) is 0 Å². The largest absolute Gasteiger partial charge is 0.379 e. The Balaban J connectivity index is 2.20. The molecule has 2 nitrogen and oxygen atoms in total. The third kappa shape index (κ3) is 7.36. The molecular formula is C26H36N2. The minimum atomic E-state index is -0.282. The molecule has 0 aliphatic heterocycles. The van der Waals surface area contributed by atoms with Gasteiger partial charge in [-0.05, 0) is 76.6 Å². The summed E-state index contributed by atoms with van der Waals surface area (Å²) in [5.74, 6) is 0. The van der Waals surface area contributed by atoms with Gasteiger partial charge in [0.1, 0.15) is 0 Å². The van der Waals surface area contributed by atoms with E-state index in [1.165, 1.54) is 16.7 Å². The Labute approximate surface area is 171 Å². The minimum absolute atomic E-state index is 0.102. The van der Waals surface area contributed by atoms with E-state index < -0.39 is 0 Å². The van der Waals surface area contributed by atoms with Crippen molar-refractivity contribution in [2.24, 2.45) is 5.73 Å². The van der Waals surface area contributed by atoms with E-state index in [1.54, 1.807) is 0 Å². The Bertz CT molecular complexity index is 804. The highest BCUT2D eigenvalue weighted by Crippen LogP contribution is 2.27. The van der Waals surface area contributed by atoms with Crippen LogP contribution in [0, 0.1) is 0 Å². The maximum absolute atomic E-state index is 6.50. The molecule has 0 bridgehead atoms. The van der Waals surface area contributed by atoms with E-state index in [2.05, 4.69) is 93.8 Å². The lowest BCUT2D eigenvalue weighted by molar-refractivity contribution is 0.461. The van der Waals surface area contributed by atoms with Gasteiger partial charge in [0.15, 0.2) is 0 Å². The summed E-state index contributed by atoms with van der Waals surface area (Å²) in [7, 11) is 0. The molecule has 3 N–H and O–H groups in total. The molecule has 0 aliphatic rings. The van der Waals surface area contributed by atoms with E-state index in [9.17, 15) is 0 Å². The van der Waals surface area contributed by atoms with Gasteiger partial charge >= 0.3 is 0 Å². The molecule has 150 valence electrons. The van der Waals surface area contributed by atoms with E-state index in [1.807, 2.05) is 6.92 Å². The molecule has 0 aromatic heterocycles. The van der Waals surface area contributed by atoms with Gasteiger partial charge in [-0.2, -0.15) is 0 Å². The van der Waals surface area contributed by atoms with Gasteiger partial charge in [0.2, 0.25) is 0 Å². The van der Waals surface area contributed by atoms with Gasteiger partial charge in [-0.1, -0.05) is 53.6 Å². The predicted molar refractivity (Wildman–Crippen MR) is 124 cm³/mol. The lowest BCUT2D eigenvalue weighted by Crippen LogP contribution is -2.39. The second kappa shape index (κ2) is 9.25. The Kier molecular flexibility index (Phi) is 7.26. The van der Waals surface area contributed by atoms with Gasteiger partial charge in [-0.3, -0.25) is 0 Å². The summed E-state index contributed by atoms with van der Waals surface area (Å²) in [4.78, 5) is 0. The van der Waals surface area contributed by atoms with Crippen LogP contribution in [0.3, 0.4) is 0 Å². The average molecular weight is 377 g/mol. The molecule has 2 heteroatoms. The summed E-state index contributed by atoms with van der Waals surface area (Å²) in [5, 5.41) is 3.78. The zero-order chi connectivity index (χ0) is 20.8. The van der Waals surface area contributed by atoms with Crippen LogP contribution in [-0.4, -0.2) is 11.1 Å². The van der Waals surface area contributed by atoms with Crippen LogP contribution < -0.4 is 11.1 Å². The lowest BCUT2D eigenvalue weighted by Gasteiger charge is -2.33. The average Bonchev–Trinajstić information content (AvgIpc) is 2.52. The fraction of sp³-hybridized carbons (Fsp3) is 0.385. The van der Waals surface area contributed by atoms with E-state index in [0.717, 1.165) is 36.9 Å². The zero-order valence-corrected chi connectivity index (χ0v) is 18.0. The monoisotopic (exact) mass is 376 g/mol. The van der Waals surface area contributed by atoms with Crippen molar-refractivity contribution in [2.75, 3.05) is 5.32 Å². The molecule has 0 saturated heterocycles. The molecule has 2 aromatic carbocycles. The van der Waals surface area contributed by atoms with Crippen molar-refractivity contribution >= 4 is 5.69 Å². The number of anilines is 1. The van der Waals surface area contributed by atoms with E-state index in [-0.39, 0.29) is 11.1 Å². The molecule has 0 spiro atoms. The first-order chi connectivity index (χ1) is 13.1. The van der Waals surface area contributed by atoms with Crippen molar-refractivity contribution in [3.63, 3.8) is 0 Å². The third-order valence-corrected chi connectivity index (χ3v) is 4.82. The number of hydrogen-bond acceptors (Lipinski definition) is 2. The molecule has 2 rings (SSSR count). The van der Waals surface area contributed by atoms with Crippen LogP contribution in [0.2, 0.25) is 0 Å². The summed E-state index contributed by atoms with van der Waals surface area (Å²) < 4.78 is 0. The van der Waals surface area contributed by atoms with Crippen LogP contribution in [-0.2, 0) is 12.8 Å². The Morgan fingerprint density at radius 3 is 2.07 bits per heavy atom. The molecule has 1 unspecified atom stereocenters. The number of nitrogens with two attached hydrogens (primary N) is 1. The summed E-state index contributed by atoms with van der Waals surface area (Å²) in [6.07, 6.45) is 3.50. The molecule has 28 heavy (non-hydrogen) atoms. The van der Waals surface area contributed by atoms with Gasteiger partial charge in [0.05, 0.1) is 0 Å². The summed E-state index contributed by atoms with van der Waals surface area (Å²) in [6.45, 7) is 16.7. The molecular weight excluding hydrogens is 340 g/mol. The summed E-state index contributed by atoms with van der Waals surface area (Å²) >= 11 is 0.